The van der Waals surface area contributed by atoms with Gasteiger partial charge in [0.25, 0.3) is 5.91 Å². The Balaban J connectivity index is 1.04. The van der Waals surface area contributed by atoms with Crippen molar-refractivity contribution >= 4 is 22.9 Å². The maximum absolute atomic E-state index is 14.2. The molecule has 10 nitrogen and oxygen atoms in total. The highest BCUT2D eigenvalue weighted by Gasteiger charge is 2.39. The van der Waals surface area contributed by atoms with Crippen molar-refractivity contribution in [2.45, 2.75) is 50.1 Å². The number of ether oxygens (including phenoxy) is 3. The number of amides is 1. The van der Waals surface area contributed by atoms with Gasteiger partial charge in [-0.3, -0.25) is 9.78 Å². The molecule has 2 fully saturated rings. The maximum atomic E-state index is 14.2. The molecule has 11 heteroatoms. The summed E-state index contributed by atoms with van der Waals surface area (Å²) in [5.41, 5.74) is 4.44. The summed E-state index contributed by atoms with van der Waals surface area (Å²) in [6, 6.07) is 22.9. The molecule has 52 heavy (non-hydrogen) atoms. The number of likely N-dealkylation sites (tertiary alicyclic amines) is 2. The molecule has 0 bridgehead atoms. The van der Waals surface area contributed by atoms with Crippen molar-refractivity contribution in [1.29, 1.82) is 0 Å². The number of aromatic nitrogens is 3. The van der Waals surface area contributed by atoms with E-state index >= 15 is 0 Å². The van der Waals surface area contributed by atoms with Crippen LogP contribution in [0.3, 0.4) is 0 Å². The largest absolute Gasteiger partial charge is 0.493 e. The van der Waals surface area contributed by atoms with Crippen LogP contribution in [0.15, 0.2) is 85.2 Å². The second-order valence-corrected chi connectivity index (χ2v) is 13.9. The molecule has 1 amide bonds. The molecule has 0 radical (unpaired) electrons. The van der Waals surface area contributed by atoms with Crippen LogP contribution in [0.4, 0.5) is 10.3 Å². The molecular weight excluding hydrogens is 659 g/mol. The SMILES string of the molecule is COc1cc(C(=O)N2CCCC(CCN3CCC(Nc4nc5ccccc5n4Cc4cccnc4)CC3)(c3ccc(F)cc3)C2)cc(OC)c1OC. The molecule has 0 spiro atoms. The standard InChI is InChI=1S/C41H47FN6O4/c1-50-36-24-30(25-37(51-2)38(36)52-3)39(49)47-20-7-17-41(28-47,31-11-13-32(42)14-12-31)18-23-46-21-15-33(16-22-46)44-40-45-34-9-4-5-10-35(34)48(40)27-29-8-6-19-43-26-29/h4-6,8-14,19,24-26,33H,7,15-18,20-23,27-28H2,1-3H3,(H,44,45). The molecule has 272 valence electrons. The fourth-order valence-corrected chi connectivity index (χ4v) is 7.96. The van der Waals surface area contributed by atoms with Crippen molar-refractivity contribution in [2.75, 3.05) is 59.4 Å². The van der Waals surface area contributed by atoms with Crippen molar-refractivity contribution in [3.8, 4) is 17.2 Å². The molecule has 1 atom stereocenters. The fraction of sp³-hybridized carbons (Fsp3) is 0.390. The van der Waals surface area contributed by atoms with E-state index in [2.05, 4.69) is 44.0 Å². The van der Waals surface area contributed by atoms with E-state index in [0.717, 1.165) is 79.8 Å². The van der Waals surface area contributed by atoms with Gasteiger partial charge in [0, 0.05) is 55.6 Å². The minimum absolute atomic E-state index is 0.0909. The first-order chi connectivity index (χ1) is 25.4. The molecule has 5 aromatic rings. The Kier molecular flexibility index (Phi) is 10.6. The van der Waals surface area contributed by atoms with Gasteiger partial charge in [-0.05, 0) is 92.2 Å². The summed E-state index contributed by atoms with van der Waals surface area (Å²) in [5, 5.41) is 3.78. The number of para-hydroxylation sites is 2. The number of nitrogens with one attached hydrogen (secondary N) is 1. The van der Waals surface area contributed by atoms with Crippen LogP contribution in [0.1, 0.15) is 53.6 Å². The van der Waals surface area contributed by atoms with Gasteiger partial charge in [0.15, 0.2) is 11.5 Å². The van der Waals surface area contributed by atoms with Gasteiger partial charge in [0.2, 0.25) is 11.7 Å². The third-order valence-electron chi connectivity index (χ3n) is 10.8. The lowest BCUT2D eigenvalue weighted by Crippen LogP contribution is -2.50. The number of imidazole rings is 1. The Labute approximate surface area is 304 Å². The number of rotatable bonds is 12. The van der Waals surface area contributed by atoms with Gasteiger partial charge in [0.05, 0.1) is 38.9 Å². The summed E-state index contributed by atoms with van der Waals surface area (Å²) in [6.45, 7) is 4.67. The average Bonchev–Trinajstić information content (AvgIpc) is 3.53. The summed E-state index contributed by atoms with van der Waals surface area (Å²) in [4.78, 5) is 27.8. The van der Waals surface area contributed by atoms with E-state index in [1.807, 2.05) is 35.4 Å². The third-order valence-corrected chi connectivity index (χ3v) is 10.8. The number of benzene rings is 3. The number of anilines is 1. The number of carbonyl (C=O) groups is 1. The number of hydrogen-bond acceptors (Lipinski definition) is 8. The molecule has 0 saturated carbocycles. The second kappa shape index (κ2) is 15.6. The molecule has 2 aliphatic rings. The number of fused-ring (bicyclic) bond motifs is 1. The number of halogens is 1. The zero-order valence-electron chi connectivity index (χ0n) is 30.2. The lowest BCUT2D eigenvalue weighted by molar-refractivity contribution is 0.0606. The number of pyridine rings is 1. The van der Waals surface area contributed by atoms with Crippen LogP contribution < -0.4 is 19.5 Å². The van der Waals surface area contributed by atoms with Gasteiger partial charge in [-0.2, -0.15) is 0 Å². The molecular formula is C41H47FN6O4. The summed E-state index contributed by atoms with van der Waals surface area (Å²) in [6.07, 6.45) is 8.31. The van der Waals surface area contributed by atoms with E-state index < -0.39 is 0 Å². The quantitative estimate of drug-likeness (QED) is 0.152. The maximum Gasteiger partial charge on any atom is 0.254 e. The summed E-state index contributed by atoms with van der Waals surface area (Å²) < 4.78 is 33.0. The van der Waals surface area contributed by atoms with Crippen LogP contribution in [0.25, 0.3) is 11.0 Å². The van der Waals surface area contributed by atoms with Gasteiger partial charge < -0.3 is 33.9 Å². The number of nitrogens with zero attached hydrogens (tertiary/aromatic N) is 5. The predicted molar refractivity (Wildman–Crippen MR) is 200 cm³/mol. The number of piperidine rings is 2. The van der Waals surface area contributed by atoms with Gasteiger partial charge in [-0.1, -0.05) is 30.3 Å². The second-order valence-electron chi connectivity index (χ2n) is 13.9. The molecule has 2 saturated heterocycles. The average molecular weight is 707 g/mol. The Bertz CT molecular complexity index is 1950. The summed E-state index contributed by atoms with van der Waals surface area (Å²) in [5.74, 6) is 1.86. The predicted octanol–water partition coefficient (Wildman–Crippen LogP) is 6.79. The molecule has 2 aromatic heterocycles. The van der Waals surface area contributed by atoms with Crippen molar-refractivity contribution in [3.63, 3.8) is 0 Å². The lowest BCUT2D eigenvalue weighted by atomic mass is 9.71. The van der Waals surface area contributed by atoms with Crippen molar-refractivity contribution < 1.29 is 23.4 Å². The molecule has 7 rings (SSSR count). The molecule has 1 unspecified atom stereocenters. The Morgan fingerprint density at radius 1 is 0.942 bits per heavy atom. The highest BCUT2D eigenvalue weighted by Crippen LogP contribution is 2.41. The van der Waals surface area contributed by atoms with Crippen molar-refractivity contribution in [2.24, 2.45) is 0 Å². The highest BCUT2D eigenvalue weighted by molar-refractivity contribution is 5.96. The van der Waals surface area contributed by atoms with E-state index in [1.54, 1.807) is 39.7 Å². The Morgan fingerprint density at radius 3 is 2.38 bits per heavy atom. The van der Waals surface area contributed by atoms with Gasteiger partial charge in [0.1, 0.15) is 5.82 Å². The number of carbonyl (C=O) groups excluding carboxylic acids is 1. The van der Waals surface area contributed by atoms with E-state index in [0.29, 0.717) is 48.5 Å². The van der Waals surface area contributed by atoms with Crippen LogP contribution >= 0.6 is 0 Å². The van der Waals surface area contributed by atoms with E-state index in [9.17, 15) is 9.18 Å². The minimum Gasteiger partial charge on any atom is -0.493 e. The molecule has 4 heterocycles. The van der Waals surface area contributed by atoms with Crippen LogP contribution in [0.2, 0.25) is 0 Å². The number of methoxy groups -OCH3 is 3. The molecule has 2 aliphatic heterocycles. The van der Waals surface area contributed by atoms with E-state index in [1.165, 1.54) is 12.1 Å². The first-order valence-electron chi connectivity index (χ1n) is 18.1. The van der Waals surface area contributed by atoms with Gasteiger partial charge in [-0.25, -0.2) is 9.37 Å². The Hall–Kier alpha value is -5.16. The Morgan fingerprint density at radius 2 is 1.69 bits per heavy atom. The summed E-state index contributed by atoms with van der Waals surface area (Å²) in [7, 11) is 4.64. The van der Waals surface area contributed by atoms with Gasteiger partial charge in [-0.15, -0.1) is 0 Å². The smallest absolute Gasteiger partial charge is 0.254 e. The molecule has 1 N–H and O–H groups in total. The number of hydrogen-bond donors (Lipinski definition) is 1. The molecule has 3 aromatic carbocycles. The van der Waals surface area contributed by atoms with E-state index in [4.69, 9.17) is 19.2 Å². The first kappa shape index (κ1) is 35.3. The van der Waals surface area contributed by atoms with Gasteiger partial charge >= 0.3 is 0 Å². The normalized spacial score (nSPS) is 18.3. The zero-order valence-corrected chi connectivity index (χ0v) is 30.2. The van der Waals surface area contributed by atoms with Crippen LogP contribution in [0, 0.1) is 5.82 Å². The van der Waals surface area contributed by atoms with Crippen LogP contribution in [-0.4, -0.2) is 90.3 Å². The lowest BCUT2D eigenvalue weighted by Gasteiger charge is -2.45. The summed E-state index contributed by atoms with van der Waals surface area (Å²) >= 11 is 0. The van der Waals surface area contributed by atoms with Crippen molar-refractivity contribution in [1.82, 2.24) is 24.3 Å². The zero-order chi connectivity index (χ0) is 36.1. The third kappa shape index (κ3) is 7.41. The topological polar surface area (TPSA) is 94.0 Å². The van der Waals surface area contributed by atoms with E-state index in [-0.39, 0.29) is 17.1 Å². The highest BCUT2D eigenvalue weighted by atomic mass is 19.1. The first-order valence-corrected chi connectivity index (χ1v) is 18.1. The fourth-order valence-electron chi connectivity index (χ4n) is 7.96. The van der Waals surface area contributed by atoms with Crippen LogP contribution in [-0.2, 0) is 12.0 Å². The van der Waals surface area contributed by atoms with Crippen molar-refractivity contribution in [3.05, 3.63) is 108 Å². The monoisotopic (exact) mass is 706 g/mol. The molecule has 0 aliphatic carbocycles. The minimum atomic E-state index is -0.311. The van der Waals surface area contributed by atoms with Crippen LogP contribution in [0.5, 0.6) is 17.2 Å².